The molecule has 0 aromatic carbocycles. The Kier molecular flexibility index (Phi) is 4.23. The van der Waals surface area contributed by atoms with Crippen LogP contribution in [0.1, 0.15) is 24.1 Å². The number of piperidine rings is 1. The Morgan fingerprint density at radius 2 is 2.33 bits per heavy atom. The molecule has 1 atom stereocenters. The van der Waals surface area contributed by atoms with Crippen LogP contribution in [0.3, 0.4) is 0 Å². The van der Waals surface area contributed by atoms with E-state index in [4.69, 9.17) is 10.6 Å². The number of aryl methyl sites for hydroxylation is 1. The van der Waals surface area contributed by atoms with Crippen molar-refractivity contribution in [2.24, 2.45) is 5.84 Å². The molecule has 2 aromatic heterocycles. The Morgan fingerprint density at radius 1 is 1.48 bits per heavy atom. The summed E-state index contributed by atoms with van der Waals surface area (Å²) in [5, 5.41) is 0.968. The lowest BCUT2D eigenvalue weighted by Crippen LogP contribution is -2.40. The number of nitrogens with zero attached hydrogens (tertiary/aromatic N) is 3. The highest BCUT2D eigenvalue weighted by Gasteiger charge is 2.20. The molecule has 3 heterocycles. The summed E-state index contributed by atoms with van der Waals surface area (Å²) in [7, 11) is 2.16. The normalized spacial score (nSPS) is 19.9. The molecule has 0 aliphatic carbocycles. The molecule has 1 saturated heterocycles. The molecule has 1 aliphatic heterocycles. The van der Waals surface area contributed by atoms with Gasteiger partial charge in [-0.25, -0.2) is 10.8 Å². The summed E-state index contributed by atoms with van der Waals surface area (Å²) in [6.07, 6.45) is 3.72. The lowest BCUT2D eigenvalue weighted by molar-refractivity contribution is 0.123. The predicted molar refractivity (Wildman–Crippen MR) is 85.7 cm³/mol. The predicted octanol–water partition coefficient (Wildman–Crippen LogP) is 2.15. The second kappa shape index (κ2) is 6.13. The van der Waals surface area contributed by atoms with Gasteiger partial charge in [-0.05, 0) is 39.4 Å². The van der Waals surface area contributed by atoms with Crippen LogP contribution in [0.5, 0.6) is 5.88 Å². The van der Waals surface area contributed by atoms with Gasteiger partial charge < -0.3 is 9.64 Å². The van der Waals surface area contributed by atoms with Crippen molar-refractivity contribution in [3.05, 3.63) is 10.9 Å². The van der Waals surface area contributed by atoms with Crippen molar-refractivity contribution < 1.29 is 4.74 Å². The third-order valence-corrected chi connectivity index (χ3v) is 4.89. The Hall–Kier alpha value is -1.44. The summed E-state index contributed by atoms with van der Waals surface area (Å²) < 4.78 is 6.00. The van der Waals surface area contributed by atoms with Gasteiger partial charge in [-0.1, -0.05) is 6.42 Å². The van der Waals surface area contributed by atoms with E-state index in [1.165, 1.54) is 24.1 Å². The van der Waals surface area contributed by atoms with E-state index in [9.17, 15) is 0 Å². The molecule has 3 N–H and O–H groups in total. The third kappa shape index (κ3) is 3.09. The van der Waals surface area contributed by atoms with E-state index in [-0.39, 0.29) is 0 Å². The molecular weight excluding hydrogens is 286 g/mol. The number of aromatic nitrogens is 2. The second-order valence-electron chi connectivity index (χ2n) is 5.51. The van der Waals surface area contributed by atoms with Gasteiger partial charge in [0.15, 0.2) is 0 Å². The number of fused-ring (bicyclic) bond motifs is 1. The first-order valence-electron chi connectivity index (χ1n) is 7.25. The van der Waals surface area contributed by atoms with Crippen molar-refractivity contribution in [2.75, 3.05) is 25.6 Å². The minimum absolute atomic E-state index is 0.399. The van der Waals surface area contributed by atoms with Crippen molar-refractivity contribution in [3.63, 3.8) is 0 Å². The van der Waals surface area contributed by atoms with E-state index in [0.29, 0.717) is 24.5 Å². The molecule has 21 heavy (non-hydrogen) atoms. The molecule has 1 fully saturated rings. The standard InChI is InChI=1S/C14H21N5OS/c1-9-7-11-12(16-14(18-15)17-13(11)21-9)20-8-10-5-3-4-6-19(10)2/h7,10H,3-6,8,15H2,1-2H3,(H,16,17,18). The molecule has 3 rings (SSSR count). The first-order valence-corrected chi connectivity index (χ1v) is 8.07. The largest absolute Gasteiger partial charge is 0.475 e. The van der Waals surface area contributed by atoms with Gasteiger partial charge in [-0.3, -0.25) is 5.43 Å². The number of nitrogens with one attached hydrogen (secondary N) is 1. The topological polar surface area (TPSA) is 76.3 Å². The molecule has 114 valence electrons. The van der Waals surface area contributed by atoms with Gasteiger partial charge in [-0.15, -0.1) is 11.3 Å². The van der Waals surface area contributed by atoms with E-state index in [2.05, 4.69) is 40.3 Å². The van der Waals surface area contributed by atoms with Gasteiger partial charge in [0.2, 0.25) is 11.8 Å². The highest BCUT2D eigenvalue weighted by molar-refractivity contribution is 7.18. The molecule has 0 bridgehead atoms. The van der Waals surface area contributed by atoms with Crippen LogP contribution in [0.25, 0.3) is 10.2 Å². The van der Waals surface area contributed by atoms with Crippen LogP contribution >= 0.6 is 11.3 Å². The van der Waals surface area contributed by atoms with Crippen LogP contribution in [-0.4, -0.2) is 41.1 Å². The summed E-state index contributed by atoms with van der Waals surface area (Å²) in [4.78, 5) is 13.2. The number of hydrogen-bond donors (Lipinski definition) is 2. The summed E-state index contributed by atoms with van der Waals surface area (Å²) in [5.74, 6) is 6.46. The molecule has 7 heteroatoms. The van der Waals surface area contributed by atoms with Crippen molar-refractivity contribution in [1.82, 2.24) is 14.9 Å². The van der Waals surface area contributed by atoms with Crippen LogP contribution in [0.2, 0.25) is 0 Å². The monoisotopic (exact) mass is 307 g/mol. The van der Waals surface area contributed by atoms with Gasteiger partial charge in [0.05, 0.1) is 5.39 Å². The molecule has 0 spiro atoms. The zero-order valence-electron chi connectivity index (χ0n) is 12.4. The van der Waals surface area contributed by atoms with Gasteiger partial charge in [0, 0.05) is 10.9 Å². The van der Waals surface area contributed by atoms with E-state index in [1.54, 1.807) is 11.3 Å². The van der Waals surface area contributed by atoms with Gasteiger partial charge in [-0.2, -0.15) is 4.98 Å². The van der Waals surface area contributed by atoms with Gasteiger partial charge >= 0.3 is 0 Å². The maximum atomic E-state index is 6.00. The fourth-order valence-corrected chi connectivity index (χ4v) is 3.59. The number of anilines is 1. The van der Waals surface area contributed by atoms with Crippen LogP contribution in [0, 0.1) is 6.92 Å². The van der Waals surface area contributed by atoms with Crippen molar-refractivity contribution >= 4 is 27.5 Å². The Bertz CT molecular complexity index is 629. The van der Waals surface area contributed by atoms with Crippen LogP contribution in [0.4, 0.5) is 5.95 Å². The maximum Gasteiger partial charge on any atom is 0.241 e. The Labute approximate surface area is 128 Å². The third-order valence-electron chi connectivity index (χ3n) is 3.94. The Balaban J connectivity index is 1.81. The molecule has 2 aromatic rings. The molecule has 1 aliphatic rings. The Morgan fingerprint density at radius 3 is 3.10 bits per heavy atom. The number of likely N-dealkylation sites (tertiary alicyclic amines) is 1. The SMILES string of the molecule is Cc1cc2c(OCC3CCCCN3C)nc(NN)nc2s1. The highest BCUT2D eigenvalue weighted by Crippen LogP contribution is 2.31. The molecule has 6 nitrogen and oxygen atoms in total. The van der Waals surface area contributed by atoms with Crippen molar-refractivity contribution in [3.8, 4) is 5.88 Å². The number of ether oxygens (including phenoxy) is 1. The average molecular weight is 307 g/mol. The summed E-state index contributed by atoms with van der Waals surface area (Å²) in [6, 6.07) is 2.53. The zero-order valence-corrected chi connectivity index (χ0v) is 13.2. The zero-order chi connectivity index (χ0) is 14.8. The number of nitrogen functional groups attached to an aromatic ring is 1. The summed E-state index contributed by atoms with van der Waals surface area (Å²) >= 11 is 1.62. The fourth-order valence-electron chi connectivity index (χ4n) is 2.72. The second-order valence-corrected chi connectivity index (χ2v) is 6.75. The van der Waals surface area contributed by atoms with Gasteiger partial charge in [0.25, 0.3) is 0 Å². The number of likely N-dealkylation sites (N-methyl/N-ethyl adjacent to an activating group) is 1. The number of hydrazine groups is 1. The minimum Gasteiger partial charge on any atom is -0.475 e. The number of rotatable bonds is 4. The van der Waals surface area contributed by atoms with E-state index >= 15 is 0 Å². The number of thiophene rings is 1. The van der Waals surface area contributed by atoms with Crippen LogP contribution in [0.15, 0.2) is 6.07 Å². The molecular formula is C14H21N5OS. The fraction of sp³-hybridized carbons (Fsp3) is 0.571. The first-order chi connectivity index (χ1) is 10.2. The lowest BCUT2D eigenvalue weighted by atomic mass is 10.0. The molecule has 0 saturated carbocycles. The number of nitrogens with two attached hydrogens (primary N) is 1. The van der Waals surface area contributed by atoms with Crippen LogP contribution < -0.4 is 16.0 Å². The quantitative estimate of drug-likeness (QED) is 0.666. The van der Waals surface area contributed by atoms with E-state index in [1.807, 2.05) is 0 Å². The lowest BCUT2D eigenvalue weighted by Gasteiger charge is -2.32. The number of hydrogen-bond acceptors (Lipinski definition) is 7. The van der Waals surface area contributed by atoms with E-state index < -0.39 is 0 Å². The van der Waals surface area contributed by atoms with E-state index in [0.717, 1.165) is 16.8 Å². The summed E-state index contributed by atoms with van der Waals surface area (Å²) in [6.45, 7) is 3.85. The summed E-state index contributed by atoms with van der Waals surface area (Å²) in [5.41, 5.74) is 2.51. The smallest absolute Gasteiger partial charge is 0.241 e. The average Bonchev–Trinajstić information content (AvgIpc) is 2.86. The van der Waals surface area contributed by atoms with Gasteiger partial charge in [0.1, 0.15) is 11.4 Å². The maximum absolute atomic E-state index is 6.00. The van der Waals surface area contributed by atoms with Crippen molar-refractivity contribution in [1.29, 1.82) is 0 Å². The molecule has 1 unspecified atom stereocenters. The van der Waals surface area contributed by atoms with Crippen LogP contribution in [-0.2, 0) is 0 Å². The minimum atomic E-state index is 0.399. The van der Waals surface area contributed by atoms with Crippen molar-refractivity contribution in [2.45, 2.75) is 32.2 Å². The first kappa shape index (κ1) is 14.5. The molecule has 0 radical (unpaired) electrons. The molecule has 0 amide bonds. The highest BCUT2D eigenvalue weighted by atomic mass is 32.1.